The van der Waals surface area contributed by atoms with Crippen LogP contribution in [0.5, 0.6) is 5.88 Å². The number of hydrogen-bond acceptors (Lipinski definition) is 7. The van der Waals surface area contributed by atoms with Crippen LogP contribution in [-0.2, 0) is 48.4 Å². The normalized spacial score (nSPS) is 19.6. The summed E-state index contributed by atoms with van der Waals surface area (Å²) in [5, 5.41) is 14.6. The molecule has 0 bridgehead atoms. The van der Waals surface area contributed by atoms with Crippen LogP contribution in [0, 0.1) is 23.5 Å². The Bertz CT molecular complexity index is 1890. The van der Waals surface area contributed by atoms with E-state index < -0.39 is 41.1 Å². The number of aliphatic hydroxyl groups is 1. The highest BCUT2D eigenvalue weighted by molar-refractivity contribution is 5.79. The lowest BCUT2D eigenvalue weighted by Crippen LogP contribution is -2.27. The SMILES string of the molecule is CCOC(=O)[C@H]1[C@@H]2Cc3cc(OCc4cc(-c5ccc(N6Cc7cn(CC(C)(C)O)nc7C6)cc5F)c(C(F)(F)F)cc4F)ncc3[C@@H]21. The van der Waals surface area contributed by atoms with E-state index in [0.29, 0.717) is 44.4 Å². The number of rotatable bonds is 9. The molecule has 7 rings (SSSR count). The molecule has 0 unspecified atom stereocenters. The maximum absolute atomic E-state index is 15.6. The van der Waals surface area contributed by atoms with Crippen LogP contribution >= 0.6 is 0 Å². The summed E-state index contributed by atoms with van der Waals surface area (Å²) in [4.78, 5) is 18.3. The predicted molar refractivity (Wildman–Crippen MR) is 164 cm³/mol. The number of nitrogens with zero attached hydrogens (tertiary/aromatic N) is 4. The van der Waals surface area contributed by atoms with Gasteiger partial charge < -0.3 is 19.5 Å². The third kappa shape index (κ3) is 5.99. The van der Waals surface area contributed by atoms with Crippen LogP contribution in [0.3, 0.4) is 0 Å². The molecular weight excluding hydrogens is 635 g/mol. The summed E-state index contributed by atoms with van der Waals surface area (Å²) in [6.07, 6.45) is -0.878. The van der Waals surface area contributed by atoms with Crippen molar-refractivity contribution in [1.82, 2.24) is 14.8 Å². The average Bonchev–Trinajstić information content (AvgIpc) is 3.23. The number of pyridine rings is 1. The van der Waals surface area contributed by atoms with Gasteiger partial charge in [0, 0.05) is 53.3 Å². The minimum absolute atomic E-state index is 0.0441. The highest BCUT2D eigenvalue weighted by Crippen LogP contribution is 2.62. The van der Waals surface area contributed by atoms with Crippen LogP contribution < -0.4 is 9.64 Å². The van der Waals surface area contributed by atoms with Gasteiger partial charge in [-0.3, -0.25) is 9.48 Å². The van der Waals surface area contributed by atoms with Crippen molar-refractivity contribution in [1.29, 1.82) is 0 Å². The second kappa shape index (κ2) is 11.6. The van der Waals surface area contributed by atoms with E-state index in [4.69, 9.17) is 9.47 Å². The molecule has 3 heterocycles. The lowest BCUT2D eigenvalue weighted by Gasteiger charge is -2.21. The molecule has 1 aliphatic heterocycles. The van der Waals surface area contributed by atoms with E-state index in [9.17, 15) is 23.1 Å². The maximum atomic E-state index is 15.6. The van der Waals surface area contributed by atoms with Gasteiger partial charge in [-0.05, 0) is 80.1 Å². The Morgan fingerprint density at radius 3 is 2.52 bits per heavy atom. The molecule has 0 spiro atoms. The molecule has 0 radical (unpaired) electrons. The number of esters is 1. The Morgan fingerprint density at radius 2 is 1.83 bits per heavy atom. The highest BCUT2D eigenvalue weighted by Gasteiger charge is 2.60. The lowest BCUT2D eigenvalue weighted by atomic mass is 9.95. The van der Waals surface area contributed by atoms with Crippen LogP contribution in [0.2, 0.25) is 0 Å². The van der Waals surface area contributed by atoms with Crippen LogP contribution in [0.25, 0.3) is 11.1 Å². The molecule has 2 aromatic heterocycles. The second-order valence-corrected chi connectivity index (χ2v) is 13.3. The van der Waals surface area contributed by atoms with E-state index in [0.717, 1.165) is 34.5 Å². The van der Waals surface area contributed by atoms with Crippen molar-refractivity contribution < 1.29 is 41.3 Å². The molecule has 1 fully saturated rings. The molecule has 2 aliphatic carbocycles. The molecule has 8 nitrogen and oxygen atoms in total. The first kappa shape index (κ1) is 32.0. The van der Waals surface area contributed by atoms with Gasteiger partial charge in [0.2, 0.25) is 5.88 Å². The first-order valence-corrected chi connectivity index (χ1v) is 15.7. The van der Waals surface area contributed by atoms with Crippen LogP contribution in [0.15, 0.2) is 48.8 Å². The van der Waals surface area contributed by atoms with Gasteiger partial charge in [0.05, 0.1) is 42.5 Å². The summed E-state index contributed by atoms with van der Waals surface area (Å²) in [5.74, 6) is -2.09. The number of halogens is 5. The Labute approximate surface area is 273 Å². The van der Waals surface area contributed by atoms with Gasteiger partial charge in [0.15, 0.2) is 0 Å². The number of fused-ring (bicyclic) bond motifs is 4. The largest absolute Gasteiger partial charge is 0.473 e. The molecule has 4 aromatic rings. The summed E-state index contributed by atoms with van der Waals surface area (Å²) in [6, 6.07) is 6.99. The van der Waals surface area contributed by atoms with E-state index in [1.807, 2.05) is 11.1 Å². The fraction of sp³-hybridized carbons (Fsp3) is 0.400. The fourth-order valence-corrected chi connectivity index (χ4v) is 7.03. The zero-order chi connectivity index (χ0) is 34.1. The van der Waals surface area contributed by atoms with Crippen LogP contribution in [0.4, 0.5) is 27.6 Å². The Hall–Kier alpha value is -4.52. The fourth-order valence-electron chi connectivity index (χ4n) is 7.03. The number of aromatic nitrogens is 3. The first-order chi connectivity index (χ1) is 22.7. The van der Waals surface area contributed by atoms with Gasteiger partial charge in [-0.2, -0.15) is 18.3 Å². The van der Waals surface area contributed by atoms with Gasteiger partial charge in [-0.1, -0.05) is 0 Å². The van der Waals surface area contributed by atoms with Crippen molar-refractivity contribution in [3.05, 3.63) is 93.9 Å². The summed E-state index contributed by atoms with van der Waals surface area (Å²) >= 11 is 0. The molecule has 252 valence electrons. The number of carbonyl (C=O) groups excluding carboxylic acids is 1. The summed E-state index contributed by atoms with van der Waals surface area (Å²) in [7, 11) is 0. The van der Waals surface area contributed by atoms with Gasteiger partial charge in [-0.15, -0.1) is 0 Å². The number of anilines is 1. The molecule has 13 heteroatoms. The Balaban J connectivity index is 1.09. The minimum atomic E-state index is -4.95. The monoisotopic (exact) mass is 668 g/mol. The summed E-state index contributed by atoms with van der Waals surface area (Å²) < 4.78 is 85.5. The lowest BCUT2D eigenvalue weighted by molar-refractivity contribution is -0.145. The number of hydrogen-bond donors (Lipinski definition) is 1. The molecule has 0 saturated heterocycles. The van der Waals surface area contributed by atoms with Crippen molar-refractivity contribution in [2.75, 3.05) is 11.5 Å². The molecule has 3 atom stereocenters. The summed E-state index contributed by atoms with van der Waals surface area (Å²) in [5.41, 5.74) is 0.725. The molecule has 0 amide bonds. The molecule has 3 aliphatic rings. The maximum Gasteiger partial charge on any atom is 0.417 e. The van der Waals surface area contributed by atoms with E-state index in [1.54, 1.807) is 37.7 Å². The topological polar surface area (TPSA) is 89.7 Å². The van der Waals surface area contributed by atoms with E-state index >= 15 is 8.78 Å². The number of ether oxygens (including phenoxy) is 2. The predicted octanol–water partition coefficient (Wildman–Crippen LogP) is 6.56. The molecular formula is C35H33F5N4O4. The third-order valence-corrected chi connectivity index (χ3v) is 9.19. The smallest absolute Gasteiger partial charge is 0.417 e. The van der Waals surface area contributed by atoms with E-state index in [1.165, 1.54) is 12.1 Å². The summed E-state index contributed by atoms with van der Waals surface area (Å²) in [6.45, 7) is 6.07. The zero-order valence-electron chi connectivity index (χ0n) is 26.4. The van der Waals surface area contributed by atoms with Crippen molar-refractivity contribution in [3.8, 4) is 17.0 Å². The zero-order valence-corrected chi connectivity index (χ0v) is 26.4. The molecule has 1 saturated carbocycles. The van der Waals surface area contributed by atoms with Crippen molar-refractivity contribution >= 4 is 11.7 Å². The molecule has 48 heavy (non-hydrogen) atoms. The second-order valence-electron chi connectivity index (χ2n) is 13.3. The van der Waals surface area contributed by atoms with Gasteiger partial charge in [0.25, 0.3) is 0 Å². The number of benzene rings is 2. The third-order valence-electron chi connectivity index (χ3n) is 9.19. The van der Waals surface area contributed by atoms with Crippen molar-refractivity contribution in [2.24, 2.45) is 11.8 Å². The standard InChI is InChI=1S/C35H33F5N4O4/c1-4-47-33(45)32-24-7-18-9-30(41-12-25(18)31(24)32)48-16-19-8-23(26(11-27(19)36)35(38,39)40)22-6-5-21(10-28(22)37)43-13-20-14-44(17-34(2,3)46)42-29(20)15-43/h5-6,8-12,14,24,31-32,46H,4,7,13,15-17H2,1-3H3/t24-,31-,32+/m1/s1. The van der Waals surface area contributed by atoms with Crippen molar-refractivity contribution in [2.45, 2.75) is 71.1 Å². The Morgan fingerprint density at radius 1 is 1.04 bits per heavy atom. The quantitative estimate of drug-likeness (QED) is 0.160. The molecule has 2 aromatic carbocycles. The van der Waals surface area contributed by atoms with Gasteiger partial charge in [-0.25, -0.2) is 13.8 Å². The minimum Gasteiger partial charge on any atom is -0.473 e. The van der Waals surface area contributed by atoms with Crippen molar-refractivity contribution in [3.63, 3.8) is 0 Å². The van der Waals surface area contributed by atoms with Gasteiger partial charge >= 0.3 is 12.1 Å². The highest BCUT2D eigenvalue weighted by atomic mass is 19.4. The number of alkyl halides is 3. The van der Waals surface area contributed by atoms with E-state index in [2.05, 4.69) is 10.1 Å². The van der Waals surface area contributed by atoms with Crippen LogP contribution in [-0.4, -0.2) is 38.0 Å². The van der Waals surface area contributed by atoms with Crippen LogP contribution in [0.1, 0.15) is 60.2 Å². The average molecular weight is 669 g/mol. The first-order valence-electron chi connectivity index (χ1n) is 15.7. The number of carbonyl (C=O) groups is 1. The van der Waals surface area contributed by atoms with E-state index in [-0.39, 0.29) is 40.7 Å². The molecule has 1 N–H and O–H groups in total. The van der Waals surface area contributed by atoms with Gasteiger partial charge in [0.1, 0.15) is 18.2 Å². The Kier molecular flexibility index (Phi) is 7.73.